The number of phenolic OH excluding ortho intramolecular Hbond substituents is 1. The Hall–Kier alpha value is -2.23. The molecule has 3 rings (SSSR count). The minimum Gasteiger partial charge on any atom is -0.507 e. The van der Waals surface area contributed by atoms with E-state index in [2.05, 4.69) is 0 Å². The van der Waals surface area contributed by atoms with Gasteiger partial charge in [-0.25, -0.2) is 0 Å². The van der Waals surface area contributed by atoms with E-state index in [0.717, 1.165) is 22.9 Å². The summed E-state index contributed by atoms with van der Waals surface area (Å²) in [6.07, 6.45) is -4.41. The van der Waals surface area contributed by atoms with Crippen LogP contribution in [0.25, 0.3) is 21.5 Å². The molecule has 0 heterocycles. The van der Waals surface area contributed by atoms with Gasteiger partial charge in [0.2, 0.25) is 0 Å². The molecule has 1 nitrogen and oxygen atoms in total. The number of phenols is 1. The molecule has 0 bridgehead atoms. The second-order valence-electron chi connectivity index (χ2n) is 4.37. The Labute approximate surface area is 106 Å². The summed E-state index contributed by atoms with van der Waals surface area (Å²) in [4.78, 5) is 0. The highest BCUT2D eigenvalue weighted by Gasteiger charge is 2.30. The molecule has 0 unspecified atom stereocenters. The first-order valence-electron chi connectivity index (χ1n) is 5.68. The summed E-state index contributed by atoms with van der Waals surface area (Å²) in [5.41, 5.74) is -0.759. The van der Waals surface area contributed by atoms with E-state index in [4.69, 9.17) is 0 Å². The van der Waals surface area contributed by atoms with Crippen LogP contribution in [-0.4, -0.2) is 5.11 Å². The summed E-state index contributed by atoms with van der Waals surface area (Å²) in [7, 11) is 0. The van der Waals surface area contributed by atoms with Crippen LogP contribution >= 0.6 is 0 Å². The van der Waals surface area contributed by atoms with Crippen molar-refractivity contribution >= 4 is 21.5 Å². The monoisotopic (exact) mass is 262 g/mol. The van der Waals surface area contributed by atoms with Gasteiger partial charge in [0.1, 0.15) is 5.75 Å². The maximum atomic E-state index is 12.7. The van der Waals surface area contributed by atoms with Crippen molar-refractivity contribution in [1.82, 2.24) is 0 Å². The zero-order valence-electron chi connectivity index (χ0n) is 9.70. The lowest BCUT2D eigenvalue weighted by Crippen LogP contribution is -2.04. The Morgan fingerprint density at radius 3 is 2.26 bits per heavy atom. The fourth-order valence-corrected chi connectivity index (χ4v) is 2.26. The number of benzene rings is 3. The van der Waals surface area contributed by atoms with Crippen LogP contribution in [0.2, 0.25) is 0 Å². The van der Waals surface area contributed by atoms with Crippen LogP contribution in [0.1, 0.15) is 5.56 Å². The predicted molar refractivity (Wildman–Crippen MR) is 68.1 cm³/mol. The van der Waals surface area contributed by atoms with E-state index in [1.54, 1.807) is 0 Å². The molecule has 0 aliphatic rings. The molecule has 0 spiro atoms. The number of alkyl halides is 3. The number of aromatic hydroxyl groups is 1. The van der Waals surface area contributed by atoms with Crippen LogP contribution in [0.3, 0.4) is 0 Å². The molecule has 0 aliphatic heterocycles. The normalized spacial score (nSPS) is 12.2. The van der Waals surface area contributed by atoms with Gasteiger partial charge in [-0.3, -0.25) is 0 Å². The van der Waals surface area contributed by atoms with Crippen molar-refractivity contribution in [3.8, 4) is 5.75 Å². The molecule has 4 heteroatoms. The van der Waals surface area contributed by atoms with Crippen LogP contribution in [0.15, 0.2) is 48.5 Å². The maximum absolute atomic E-state index is 12.7. The van der Waals surface area contributed by atoms with Crippen molar-refractivity contribution in [2.75, 3.05) is 0 Å². The summed E-state index contributed by atoms with van der Waals surface area (Å²) in [6, 6.07) is 12.2. The summed E-state index contributed by atoms with van der Waals surface area (Å²) in [5, 5.41) is 12.3. The first-order chi connectivity index (χ1) is 8.97. The topological polar surface area (TPSA) is 20.2 Å². The molecule has 0 atom stereocenters. The molecular weight excluding hydrogens is 253 g/mol. The fraction of sp³-hybridized carbons (Fsp3) is 0.0667. The largest absolute Gasteiger partial charge is 0.507 e. The summed E-state index contributed by atoms with van der Waals surface area (Å²) < 4.78 is 38.0. The molecule has 19 heavy (non-hydrogen) atoms. The zero-order valence-corrected chi connectivity index (χ0v) is 9.70. The Morgan fingerprint density at radius 2 is 1.53 bits per heavy atom. The first-order valence-corrected chi connectivity index (χ1v) is 5.68. The molecule has 3 aromatic rings. The number of fused-ring (bicyclic) bond motifs is 3. The highest BCUT2D eigenvalue weighted by Crippen LogP contribution is 2.37. The van der Waals surface area contributed by atoms with Crippen LogP contribution in [0, 0.1) is 0 Å². The van der Waals surface area contributed by atoms with Crippen LogP contribution in [-0.2, 0) is 6.18 Å². The molecule has 0 saturated heterocycles. The highest BCUT2D eigenvalue weighted by molar-refractivity contribution is 6.10. The number of hydrogen-bond acceptors (Lipinski definition) is 1. The minimum absolute atomic E-state index is 0.139. The molecule has 0 aromatic heterocycles. The predicted octanol–water partition coefficient (Wildman–Crippen LogP) is 4.72. The van der Waals surface area contributed by atoms with Gasteiger partial charge in [-0.15, -0.1) is 0 Å². The average Bonchev–Trinajstić information content (AvgIpc) is 2.37. The third-order valence-electron chi connectivity index (χ3n) is 3.17. The van der Waals surface area contributed by atoms with Gasteiger partial charge < -0.3 is 5.11 Å². The van der Waals surface area contributed by atoms with E-state index in [1.165, 1.54) is 12.1 Å². The van der Waals surface area contributed by atoms with Crippen molar-refractivity contribution in [2.45, 2.75) is 6.18 Å². The van der Waals surface area contributed by atoms with Gasteiger partial charge in [0.15, 0.2) is 0 Å². The van der Waals surface area contributed by atoms with E-state index in [1.807, 2.05) is 24.3 Å². The average molecular weight is 262 g/mol. The Bertz CT molecular complexity index is 775. The third kappa shape index (κ3) is 1.89. The summed E-state index contributed by atoms with van der Waals surface area (Å²) in [5.74, 6) is -0.139. The van der Waals surface area contributed by atoms with Gasteiger partial charge in [0.05, 0.1) is 5.56 Å². The smallest absolute Gasteiger partial charge is 0.416 e. The molecule has 0 aliphatic carbocycles. The molecular formula is C15H9F3O. The third-order valence-corrected chi connectivity index (χ3v) is 3.17. The summed E-state index contributed by atoms with van der Waals surface area (Å²) in [6.45, 7) is 0. The van der Waals surface area contributed by atoms with Crippen molar-refractivity contribution in [3.05, 3.63) is 54.1 Å². The van der Waals surface area contributed by atoms with E-state index in [0.29, 0.717) is 5.39 Å². The van der Waals surface area contributed by atoms with Gasteiger partial charge in [-0.05, 0) is 34.4 Å². The van der Waals surface area contributed by atoms with Gasteiger partial charge in [0, 0.05) is 5.39 Å². The first kappa shape index (κ1) is 11.8. The van der Waals surface area contributed by atoms with Crippen LogP contribution in [0.4, 0.5) is 13.2 Å². The van der Waals surface area contributed by atoms with Crippen molar-refractivity contribution in [2.24, 2.45) is 0 Å². The molecule has 0 radical (unpaired) electrons. The van der Waals surface area contributed by atoms with Crippen molar-refractivity contribution < 1.29 is 18.3 Å². The SMILES string of the molecule is Oc1cc2ccccc2c2ccc(C(F)(F)F)cc12. The molecule has 0 saturated carbocycles. The lowest BCUT2D eigenvalue weighted by Gasteiger charge is -2.10. The molecule has 1 N–H and O–H groups in total. The van der Waals surface area contributed by atoms with E-state index in [-0.39, 0.29) is 11.1 Å². The Kier molecular flexibility index (Phi) is 2.42. The quantitative estimate of drug-likeness (QED) is 0.581. The minimum atomic E-state index is -4.41. The summed E-state index contributed by atoms with van der Waals surface area (Å²) >= 11 is 0. The molecule has 96 valence electrons. The van der Waals surface area contributed by atoms with Crippen molar-refractivity contribution in [3.63, 3.8) is 0 Å². The standard InChI is InChI=1S/C15H9F3O/c16-15(17,18)10-5-6-12-11-4-2-1-3-9(11)7-14(19)13(12)8-10/h1-8,19H. The van der Waals surface area contributed by atoms with Gasteiger partial charge >= 0.3 is 6.18 Å². The Morgan fingerprint density at radius 1 is 0.789 bits per heavy atom. The number of halogens is 3. The fourth-order valence-electron chi connectivity index (χ4n) is 2.26. The van der Waals surface area contributed by atoms with Gasteiger partial charge in [-0.1, -0.05) is 30.3 Å². The number of rotatable bonds is 0. The maximum Gasteiger partial charge on any atom is 0.416 e. The second-order valence-corrected chi connectivity index (χ2v) is 4.37. The molecule has 0 fully saturated rings. The molecule has 3 aromatic carbocycles. The number of hydrogen-bond donors (Lipinski definition) is 1. The molecule has 0 amide bonds. The van der Waals surface area contributed by atoms with Gasteiger partial charge in [0.25, 0.3) is 0 Å². The van der Waals surface area contributed by atoms with E-state index in [9.17, 15) is 18.3 Å². The van der Waals surface area contributed by atoms with Crippen LogP contribution in [0.5, 0.6) is 5.75 Å². The van der Waals surface area contributed by atoms with E-state index < -0.39 is 11.7 Å². The second kappa shape index (κ2) is 3.88. The zero-order chi connectivity index (χ0) is 13.6. The lowest BCUT2D eigenvalue weighted by molar-refractivity contribution is -0.137. The van der Waals surface area contributed by atoms with Crippen molar-refractivity contribution in [1.29, 1.82) is 0 Å². The van der Waals surface area contributed by atoms with Gasteiger partial charge in [-0.2, -0.15) is 13.2 Å². The Balaban J connectivity index is 2.42. The highest BCUT2D eigenvalue weighted by atomic mass is 19.4. The van der Waals surface area contributed by atoms with E-state index >= 15 is 0 Å². The lowest BCUT2D eigenvalue weighted by atomic mass is 9.99. The van der Waals surface area contributed by atoms with Crippen LogP contribution < -0.4 is 0 Å².